The van der Waals surface area contributed by atoms with Gasteiger partial charge in [-0.3, -0.25) is 0 Å². The van der Waals surface area contributed by atoms with Gasteiger partial charge in [-0.1, -0.05) is 32.0 Å². The molecule has 0 heterocycles. The highest BCUT2D eigenvalue weighted by molar-refractivity contribution is 5.93. The molecular weight excluding hydrogens is 222 g/mol. The first-order valence-corrected chi connectivity index (χ1v) is 6.32. The van der Waals surface area contributed by atoms with Crippen molar-refractivity contribution >= 4 is 11.5 Å². The predicted molar refractivity (Wildman–Crippen MR) is 76.5 cm³/mol. The van der Waals surface area contributed by atoms with E-state index < -0.39 is 0 Å². The topological polar surface area (TPSA) is 64.4 Å². The molecule has 0 atom stereocenters. The zero-order chi connectivity index (χ0) is 13.2. The first-order chi connectivity index (χ1) is 8.46. The molecule has 3 nitrogen and oxygen atoms in total. The molecule has 1 aliphatic rings. The van der Waals surface area contributed by atoms with Gasteiger partial charge in [-0.05, 0) is 42.4 Å². The second-order valence-electron chi connectivity index (χ2n) is 5.79. The molecule has 0 bridgehead atoms. The molecule has 1 fully saturated rings. The second-order valence-corrected chi connectivity index (χ2v) is 5.79. The Morgan fingerprint density at radius 1 is 1.22 bits per heavy atom. The van der Waals surface area contributed by atoms with Crippen molar-refractivity contribution in [1.82, 2.24) is 0 Å². The van der Waals surface area contributed by atoms with E-state index in [-0.39, 0.29) is 0 Å². The molecule has 0 amide bonds. The smallest absolute Gasteiger partial charge is 0.125 e. The number of nitrogens with zero attached hydrogens (tertiary/aromatic N) is 1. The summed E-state index contributed by atoms with van der Waals surface area (Å²) in [6, 6.07) is 9.67. The first kappa shape index (κ1) is 12.7. The summed E-state index contributed by atoms with van der Waals surface area (Å²) < 4.78 is 0. The van der Waals surface area contributed by atoms with Gasteiger partial charge in [0.15, 0.2) is 0 Å². The van der Waals surface area contributed by atoms with E-state index in [2.05, 4.69) is 18.8 Å². The molecule has 0 aromatic heterocycles. The lowest BCUT2D eigenvalue weighted by Crippen LogP contribution is -2.35. The Balaban J connectivity index is 2.02. The normalized spacial score (nSPS) is 20.6. The molecule has 1 aromatic rings. The summed E-state index contributed by atoms with van der Waals surface area (Å²) in [6.07, 6.45) is 4.06. The maximum atomic E-state index is 6.05. The van der Waals surface area contributed by atoms with Crippen LogP contribution in [0.4, 0.5) is 5.69 Å². The van der Waals surface area contributed by atoms with Crippen LogP contribution in [-0.4, -0.2) is 5.84 Å². The molecule has 4 N–H and O–H groups in total. The summed E-state index contributed by atoms with van der Waals surface area (Å²) in [5, 5.41) is 0. The number of nitrogens with two attached hydrogens (primary N) is 2. The fraction of sp³-hybridized carbons (Fsp3) is 0.400. The zero-order valence-electron chi connectivity index (χ0n) is 11.1. The van der Waals surface area contributed by atoms with Crippen molar-refractivity contribution in [1.29, 1.82) is 0 Å². The van der Waals surface area contributed by atoms with Crippen molar-refractivity contribution in [3.63, 3.8) is 0 Å². The van der Waals surface area contributed by atoms with E-state index in [0.717, 1.165) is 24.2 Å². The standard InChI is InChI=1S/C15H21N3/c1-15(2)9-11(10-15)13(16)8-14(17)18-12-6-4-3-5-7-12/h3-8,11H,9-10,16H2,1-2H3,(H2,17,18). The summed E-state index contributed by atoms with van der Waals surface area (Å²) in [5.41, 5.74) is 14.1. The second kappa shape index (κ2) is 4.84. The van der Waals surface area contributed by atoms with Crippen molar-refractivity contribution in [2.45, 2.75) is 26.7 Å². The number of aliphatic imine (C=N–C) groups is 1. The van der Waals surface area contributed by atoms with Gasteiger partial charge in [0.05, 0.1) is 5.69 Å². The number of rotatable bonds is 3. The zero-order valence-corrected chi connectivity index (χ0v) is 11.1. The van der Waals surface area contributed by atoms with Crippen LogP contribution in [0.15, 0.2) is 47.1 Å². The third kappa shape index (κ3) is 3.13. The number of benzene rings is 1. The van der Waals surface area contributed by atoms with E-state index in [1.54, 1.807) is 6.08 Å². The van der Waals surface area contributed by atoms with Crippen LogP contribution in [0.1, 0.15) is 26.7 Å². The predicted octanol–water partition coefficient (Wildman–Crippen LogP) is 2.95. The van der Waals surface area contributed by atoms with Gasteiger partial charge >= 0.3 is 0 Å². The summed E-state index contributed by atoms with van der Waals surface area (Å²) in [4.78, 5) is 4.31. The van der Waals surface area contributed by atoms with E-state index in [1.165, 1.54) is 0 Å². The fourth-order valence-corrected chi connectivity index (χ4v) is 2.48. The molecular formula is C15H21N3. The number of allylic oxidation sites excluding steroid dienone is 1. The van der Waals surface area contributed by atoms with Gasteiger partial charge in [0, 0.05) is 5.70 Å². The van der Waals surface area contributed by atoms with Crippen LogP contribution < -0.4 is 11.5 Å². The molecule has 96 valence electrons. The van der Waals surface area contributed by atoms with Gasteiger partial charge in [-0.25, -0.2) is 4.99 Å². The summed E-state index contributed by atoms with van der Waals surface area (Å²) >= 11 is 0. The Labute approximate surface area is 109 Å². The number of para-hydroxylation sites is 1. The lowest BCUT2D eigenvalue weighted by atomic mass is 9.63. The van der Waals surface area contributed by atoms with Gasteiger partial charge < -0.3 is 11.5 Å². The Bertz CT molecular complexity index is 464. The highest BCUT2D eigenvalue weighted by Crippen LogP contribution is 2.46. The minimum atomic E-state index is 0.425. The largest absolute Gasteiger partial charge is 0.402 e. The Kier molecular flexibility index (Phi) is 3.41. The molecule has 1 saturated carbocycles. The SMILES string of the molecule is CC1(C)CC(C(N)=CC(N)=Nc2ccccc2)C1. The number of hydrogen-bond acceptors (Lipinski definition) is 2. The van der Waals surface area contributed by atoms with Crippen molar-refractivity contribution in [3.05, 3.63) is 42.1 Å². The average Bonchev–Trinajstić information content (AvgIpc) is 2.26. The monoisotopic (exact) mass is 243 g/mol. The van der Waals surface area contributed by atoms with Crippen molar-refractivity contribution < 1.29 is 0 Å². The fourth-order valence-electron chi connectivity index (χ4n) is 2.48. The molecule has 2 rings (SSSR count). The third-order valence-electron chi connectivity index (χ3n) is 3.40. The van der Waals surface area contributed by atoms with Crippen LogP contribution in [0.25, 0.3) is 0 Å². The van der Waals surface area contributed by atoms with Gasteiger partial charge in [0.25, 0.3) is 0 Å². The van der Waals surface area contributed by atoms with Crippen LogP contribution in [0.5, 0.6) is 0 Å². The van der Waals surface area contributed by atoms with E-state index >= 15 is 0 Å². The molecule has 18 heavy (non-hydrogen) atoms. The summed E-state index contributed by atoms with van der Waals surface area (Å²) in [7, 11) is 0. The lowest BCUT2D eigenvalue weighted by molar-refractivity contribution is 0.122. The first-order valence-electron chi connectivity index (χ1n) is 6.32. The third-order valence-corrected chi connectivity index (χ3v) is 3.40. The molecule has 0 saturated heterocycles. The van der Waals surface area contributed by atoms with Crippen molar-refractivity contribution in [2.75, 3.05) is 0 Å². The van der Waals surface area contributed by atoms with Crippen LogP contribution in [0.2, 0.25) is 0 Å². The maximum Gasteiger partial charge on any atom is 0.125 e. The number of hydrogen-bond donors (Lipinski definition) is 2. The molecule has 1 aromatic carbocycles. The van der Waals surface area contributed by atoms with Crippen molar-refractivity contribution in [2.24, 2.45) is 27.8 Å². The van der Waals surface area contributed by atoms with Crippen LogP contribution >= 0.6 is 0 Å². The van der Waals surface area contributed by atoms with Gasteiger partial charge in [0.2, 0.25) is 0 Å². The van der Waals surface area contributed by atoms with E-state index in [4.69, 9.17) is 11.5 Å². The van der Waals surface area contributed by atoms with Gasteiger partial charge in [-0.2, -0.15) is 0 Å². The van der Waals surface area contributed by atoms with Crippen LogP contribution in [0.3, 0.4) is 0 Å². The summed E-state index contributed by atoms with van der Waals surface area (Å²) in [5.74, 6) is 0.938. The molecule has 0 radical (unpaired) electrons. The molecule has 0 spiro atoms. The quantitative estimate of drug-likeness (QED) is 0.633. The van der Waals surface area contributed by atoms with E-state index in [1.807, 2.05) is 30.3 Å². The molecule has 0 aliphatic heterocycles. The Hall–Kier alpha value is -1.77. The van der Waals surface area contributed by atoms with Gasteiger partial charge in [-0.15, -0.1) is 0 Å². The minimum Gasteiger partial charge on any atom is -0.402 e. The number of amidine groups is 1. The van der Waals surface area contributed by atoms with Crippen molar-refractivity contribution in [3.8, 4) is 0 Å². The Morgan fingerprint density at radius 2 is 1.83 bits per heavy atom. The van der Waals surface area contributed by atoms with E-state index in [0.29, 0.717) is 17.2 Å². The summed E-state index contributed by atoms with van der Waals surface area (Å²) in [6.45, 7) is 4.52. The molecule has 1 aliphatic carbocycles. The highest BCUT2D eigenvalue weighted by atomic mass is 14.9. The van der Waals surface area contributed by atoms with Crippen LogP contribution in [0, 0.1) is 11.3 Å². The molecule has 0 unspecified atom stereocenters. The maximum absolute atomic E-state index is 6.05. The lowest BCUT2D eigenvalue weighted by Gasteiger charge is -2.42. The van der Waals surface area contributed by atoms with Crippen LogP contribution in [-0.2, 0) is 0 Å². The van der Waals surface area contributed by atoms with E-state index in [9.17, 15) is 0 Å². The molecule has 3 heteroatoms. The highest BCUT2D eigenvalue weighted by Gasteiger charge is 2.37. The Morgan fingerprint density at radius 3 is 2.39 bits per heavy atom. The minimum absolute atomic E-state index is 0.425. The average molecular weight is 243 g/mol. The van der Waals surface area contributed by atoms with Gasteiger partial charge in [0.1, 0.15) is 5.84 Å².